The van der Waals surface area contributed by atoms with E-state index in [0.717, 1.165) is 22.5 Å². The van der Waals surface area contributed by atoms with E-state index in [4.69, 9.17) is 10.2 Å². The molecular weight excluding hydrogens is 360 g/mol. The number of fused-ring (bicyclic) bond motifs is 3. The van der Waals surface area contributed by atoms with Gasteiger partial charge in [0.25, 0.3) is 0 Å². The minimum atomic E-state index is 0.676. The Hall–Kier alpha value is -2.96. The van der Waals surface area contributed by atoms with Gasteiger partial charge in [0.15, 0.2) is 0 Å². The second-order valence-electron chi connectivity index (χ2n) is 7.50. The summed E-state index contributed by atoms with van der Waals surface area (Å²) in [6.07, 6.45) is 4.88. The van der Waals surface area contributed by atoms with Gasteiger partial charge in [0.1, 0.15) is 4.83 Å². The van der Waals surface area contributed by atoms with Crippen molar-refractivity contribution in [2.75, 3.05) is 0 Å². The molecule has 5 rings (SSSR count). The zero-order chi connectivity index (χ0) is 19.1. The topological polar surface area (TPSA) is 36.7 Å². The summed E-state index contributed by atoms with van der Waals surface area (Å²) in [7, 11) is 0. The molecule has 0 amide bonds. The zero-order valence-corrected chi connectivity index (χ0v) is 16.6. The van der Waals surface area contributed by atoms with Crippen LogP contribution in [0.15, 0.2) is 54.6 Å². The fourth-order valence-corrected chi connectivity index (χ4v) is 5.45. The number of nitriles is 1. The van der Waals surface area contributed by atoms with Crippen LogP contribution >= 0.6 is 11.3 Å². The largest absolute Gasteiger partial charge is 0.237 e. The Balaban J connectivity index is 1.78. The van der Waals surface area contributed by atoms with E-state index < -0.39 is 0 Å². The van der Waals surface area contributed by atoms with Gasteiger partial charge in [-0.2, -0.15) is 5.26 Å². The Morgan fingerprint density at radius 2 is 1.79 bits per heavy atom. The molecule has 0 aliphatic heterocycles. The van der Waals surface area contributed by atoms with Crippen LogP contribution in [0, 0.1) is 18.3 Å². The van der Waals surface area contributed by atoms with Crippen LogP contribution in [-0.4, -0.2) is 4.98 Å². The van der Waals surface area contributed by atoms with Crippen LogP contribution in [0.5, 0.6) is 0 Å². The Morgan fingerprint density at radius 1 is 0.964 bits per heavy atom. The maximum absolute atomic E-state index is 9.09. The van der Waals surface area contributed by atoms with Crippen molar-refractivity contribution in [2.45, 2.75) is 32.6 Å². The molecule has 2 aromatic heterocycles. The lowest BCUT2D eigenvalue weighted by Gasteiger charge is -2.13. The first kappa shape index (κ1) is 17.2. The fraction of sp³-hybridized carbons (Fsp3) is 0.200. The van der Waals surface area contributed by atoms with Crippen LogP contribution in [0.3, 0.4) is 0 Å². The lowest BCUT2D eigenvalue weighted by molar-refractivity contribution is 0.700. The smallest absolute Gasteiger partial charge is 0.125 e. The molecule has 0 atom stereocenters. The standard InChI is InChI=1S/C25H20N2S/c1-16-5-4-6-19(13-16)21-14-22(18-11-9-17(15-26)10-12-18)27-25-24(21)20-7-2-3-8-23(20)28-25/h4-6,9-14H,2-3,7-8H2,1H3. The van der Waals surface area contributed by atoms with Crippen LogP contribution < -0.4 is 0 Å². The second kappa shape index (κ2) is 6.89. The molecule has 0 N–H and O–H groups in total. The fourth-order valence-electron chi connectivity index (χ4n) is 4.16. The summed E-state index contributed by atoms with van der Waals surface area (Å²) in [4.78, 5) is 7.71. The van der Waals surface area contributed by atoms with Crippen molar-refractivity contribution >= 4 is 21.6 Å². The molecule has 0 saturated carbocycles. The summed E-state index contributed by atoms with van der Waals surface area (Å²) in [5, 5.41) is 10.4. The van der Waals surface area contributed by atoms with Gasteiger partial charge in [-0.05, 0) is 67.5 Å². The van der Waals surface area contributed by atoms with Crippen molar-refractivity contribution in [3.8, 4) is 28.5 Å². The molecular formula is C25H20N2S. The monoisotopic (exact) mass is 380 g/mol. The maximum Gasteiger partial charge on any atom is 0.125 e. The average molecular weight is 381 g/mol. The predicted octanol–water partition coefficient (Wildman–Crippen LogP) is 6.69. The lowest BCUT2D eigenvalue weighted by atomic mass is 9.91. The minimum Gasteiger partial charge on any atom is -0.237 e. The Bertz CT molecular complexity index is 1230. The van der Waals surface area contributed by atoms with Gasteiger partial charge < -0.3 is 0 Å². The van der Waals surface area contributed by atoms with E-state index in [1.807, 2.05) is 35.6 Å². The quantitative estimate of drug-likeness (QED) is 0.388. The van der Waals surface area contributed by atoms with Crippen molar-refractivity contribution in [3.05, 3.63) is 76.2 Å². The third-order valence-corrected chi connectivity index (χ3v) is 6.75. The highest BCUT2D eigenvalue weighted by atomic mass is 32.1. The average Bonchev–Trinajstić information content (AvgIpc) is 3.11. The number of hydrogen-bond donors (Lipinski definition) is 0. The summed E-state index contributed by atoms with van der Waals surface area (Å²) in [5.41, 5.74) is 8.04. The Labute approximate surface area is 169 Å². The van der Waals surface area contributed by atoms with Gasteiger partial charge in [-0.1, -0.05) is 42.0 Å². The summed E-state index contributed by atoms with van der Waals surface area (Å²) < 4.78 is 0. The summed E-state index contributed by atoms with van der Waals surface area (Å²) in [5.74, 6) is 0. The number of thiophene rings is 1. The Kier molecular flexibility index (Phi) is 4.22. The first-order chi connectivity index (χ1) is 13.7. The molecule has 28 heavy (non-hydrogen) atoms. The minimum absolute atomic E-state index is 0.676. The SMILES string of the molecule is Cc1cccc(-c2cc(-c3ccc(C#N)cc3)nc3sc4c(c23)CCCC4)c1. The first-order valence-electron chi connectivity index (χ1n) is 9.76. The molecule has 3 heteroatoms. The van der Waals surface area contributed by atoms with E-state index in [-0.39, 0.29) is 0 Å². The van der Waals surface area contributed by atoms with Gasteiger partial charge in [0.05, 0.1) is 17.3 Å². The molecule has 2 aromatic carbocycles. The lowest BCUT2D eigenvalue weighted by Crippen LogP contribution is -1.99. The number of pyridine rings is 1. The maximum atomic E-state index is 9.09. The van der Waals surface area contributed by atoms with Crippen LogP contribution in [0.2, 0.25) is 0 Å². The van der Waals surface area contributed by atoms with Crippen molar-refractivity contribution in [3.63, 3.8) is 0 Å². The van der Waals surface area contributed by atoms with Gasteiger partial charge in [-0.3, -0.25) is 0 Å². The van der Waals surface area contributed by atoms with Gasteiger partial charge in [0, 0.05) is 15.8 Å². The molecule has 0 unspecified atom stereocenters. The van der Waals surface area contributed by atoms with E-state index >= 15 is 0 Å². The van der Waals surface area contributed by atoms with Crippen molar-refractivity contribution in [1.82, 2.24) is 4.98 Å². The summed E-state index contributed by atoms with van der Waals surface area (Å²) >= 11 is 1.87. The number of nitrogens with zero attached hydrogens (tertiary/aromatic N) is 2. The van der Waals surface area contributed by atoms with Crippen LogP contribution in [-0.2, 0) is 12.8 Å². The molecule has 0 spiro atoms. The van der Waals surface area contributed by atoms with E-state index in [1.165, 1.54) is 51.8 Å². The highest BCUT2D eigenvalue weighted by molar-refractivity contribution is 7.19. The Morgan fingerprint density at radius 3 is 2.57 bits per heavy atom. The third-order valence-electron chi connectivity index (χ3n) is 5.56. The molecule has 0 fully saturated rings. The number of aryl methyl sites for hydroxylation is 3. The van der Waals surface area contributed by atoms with Crippen LogP contribution in [0.4, 0.5) is 0 Å². The van der Waals surface area contributed by atoms with Gasteiger partial charge in [-0.25, -0.2) is 4.98 Å². The van der Waals surface area contributed by atoms with Gasteiger partial charge >= 0.3 is 0 Å². The second-order valence-corrected chi connectivity index (χ2v) is 8.59. The van der Waals surface area contributed by atoms with Crippen molar-refractivity contribution in [2.24, 2.45) is 0 Å². The molecule has 0 saturated heterocycles. The molecule has 1 aliphatic carbocycles. The molecule has 136 valence electrons. The molecule has 2 nitrogen and oxygen atoms in total. The molecule has 1 aliphatic rings. The van der Waals surface area contributed by atoms with E-state index in [0.29, 0.717) is 5.56 Å². The van der Waals surface area contributed by atoms with Crippen LogP contribution in [0.25, 0.3) is 32.6 Å². The van der Waals surface area contributed by atoms with E-state index in [2.05, 4.69) is 43.3 Å². The van der Waals surface area contributed by atoms with Gasteiger partial charge in [0.2, 0.25) is 0 Å². The van der Waals surface area contributed by atoms with Crippen molar-refractivity contribution < 1.29 is 0 Å². The molecule has 0 bridgehead atoms. The number of rotatable bonds is 2. The highest BCUT2D eigenvalue weighted by Crippen LogP contribution is 2.42. The highest BCUT2D eigenvalue weighted by Gasteiger charge is 2.21. The first-order valence-corrected chi connectivity index (χ1v) is 10.6. The summed E-state index contributed by atoms with van der Waals surface area (Å²) in [6, 6.07) is 20.9. The van der Waals surface area contributed by atoms with Gasteiger partial charge in [-0.15, -0.1) is 11.3 Å². The molecule has 4 aromatic rings. The number of aromatic nitrogens is 1. The number of benzene rings is 2. The normalized spacial score (nSPS) is 13.3. The van der Waals surface area contributed by atoms with E-state index in [1.54, 1.807) is 0 Å². The van der Waals surface area contributed by atoms with E-state index in [9.17, 15) is 0 Å². The summed E-state index contributed by atoms with van der Waals surface area (Å²) in [6.45, 7) is 2.15. The third kappa shape index (κ3) is 2.91. The predicted molar refractivity (Wildman–Crippen MR) is 117 cm³/mol. The van der Waals surface area contributed by atoms with Crippen LogP contribution in [0.1, 0.15) is 34.4 Å². The molecule has 2 heterocycles. The number of hydrogen-bond acceptors (Lipinski definition) is 3. The zero-order valence-electron chi connectivity index (χ0n) is 15.8. The van der Waals surface area contributed by atoms with Crippen molar-refractivity contribution in [1.29, 1.82) is 5.26 Å². The molecule has 0 radical (unpaired) electrons.